The van der Waals surface area contributed by atoms with Gasteiger partial charge in [-0.05, 0) is 56.0 Å². The molecule has 0 bridgehead atoms. The van der Waals surface area contributed by atoms with Gasteiger partial charge in [0.25, 0.3) is 0 Å². The fraction of sp³-hybridized carbons (Fsp3) is 0.440. The van der Waals surface area contributed by atoms with E-state index in [9.17, 15) is 18.0 Å². The highest BCUT2D eigenvalue weighted by atomic mass is 35.5. The number of nitrogens with zero attached hydrogens (tertiary/aromatic N) is 3. The van der Waals surface area contributed by atoms with Crippen LogP contribution in [-0.2, 0) is 26.0 Å². The van der Waals surface area contributed by atoms with Crippen LogP contribution in [0.5, 0.6) is 0 Å². The van der Waals surface area contributed by atoms with Crippen LogP contribution >= 0.6 is 11.6 Å². The number of carboxylic acid groups (broad SMARTS) is 1. The molecule has 1 saturated heterocycles. The van der Waals surface area contributed by atoms with E-state index in [-0.39, 0.29) is 30.1 Å². The Bertz CT molecular complexity index is 1130. The number of anilines is 1. The summed E-state index contributed by atoms with van der Waals surface area (Å²) in [5.74, 6) is -1.06. The van der Waals surface area contributed by atoms with Crippen LogP contribution < -0.4 is 4.90 Å². The highest BCUT2D eigenvalue weighted by Crippen LogP contribution is 2.32. The Morgan fingerprint density at radius 2 is 1.86 bits per heavy atom. The number of hydrogen-bond acceptors (Lipinski definition) is 5. The van der Waals surface area contributed by atoms with Gasteiger partial charge in [0.15, 0.2) is 0 Å². The Labute approximate surface area is 212 Å². The lowest BCUT2D eigenvalue weighted by Gasteiger charge is -2.35. The topological polar surface area (TPSA) is 98.2 Å². The summed E-state index contributed by atoms with van der Waals surface area (Å²) in [4.78, 5) is 27.1. The second-order valence-corrected chi connectivity index (χ2v) is 11.2. The molecule has 8 nitrogen and oxygen atoms in total. The first-order chi connectivity index (χ1) is 16.6. The van der Waals surface area contributed by atoms with Crippen LogP contribution in [0.25, 0.3) is 0 Å². The van der Waals surface area contributed by atoms with Gasteiger partial charge in [0.1, 0.15) is 0 Å². The maximum Gasteiger partial charge on any atom is 0.303 e. The number of halogens is 1. The summed E-state index contributed by atoms with van der Waals surface area (Å²) in [6, 6.07) is 4.90. The SMILES string of the molecule is C=C(C=CC/C=C(\C)Cl)N1CCN(S(=O)(=O)c2ccc3c(c2)CCN3C(=O)CCCC(=O)O)CC1. The Morgan fingerprint density at radius 1 is 1.14 bits per heavy atom. The third kappa shape index (κ3) is 6.96. The highest BCUT2D eigenvalue weighted by molar-refractivity contribution is 7.89. The van der Waals surface area contributed by atoms with Crippen molar-refractivity contribution in [3.63, 3.8) is 0 Å². The van der Waals surface area contributed by atoms with Crippen molar-refractivity contribution in [3.8, 4) is 0 Å². The monoisotopic (exact) mass is 521 g/mol. The molecule has 3 rings (SSSR count). The quantitative estimate of drug-likeness (QED) is 0.471. The van der Waals surface area contributed by atoms with Crippen molar-refractivity contribution < 1.29 is 23.1 Å². The fourth-order valence-electron chi connectivity index (χ4n) is 4.23. The van der Waals surface area contributed by atoms with Crippen LogP contribution in [0, 0.1) is 0 Å². The van der Waals surface area contributed by atoms with E-state index in [0.717, 1.165) is 16.3 Å². The van der Waals surface area contributed by atoms with Gasteiger partial charge < -0.3 is 14.9 Å². The van der Waals surface area contributed by atoms with E-state index >= 15 is 0 Å². The second-order valence-electron chi connectivity index (χ2n) is 8.64. The molecule has 0 radical (unpaired) electrons. The molecule has 0 unspecified atom stereocenters. The molecule has 1 N–H and O–H groups in total. The molecule has 2 aliphatic heterocycles. The van der Waals surface area contributed by atoms with Gasteiger partial charge in [0.2, 0.25) is 15.9 Å². The average Bonchev–Trinajstić information content (AvgIpc) is 3.25. The van der Waals surface area contributed by atoms with Gasteiger partial charge in [0, 0.05) is 62.0 Å². The lowest BCUT2D eigenvalue weighted by molar-refractivity contribution is -0.137. The fourth-order valence-corrected chi connectivity index (χ4v) is 5.79. The first kappa shape index (κ1) is 27.0. The molecule has 2 aliphatic rings. The number of fused-ring (bicyclic) bond motifs is 1. The number of hydrogen-bond donors (Lipinski definition) is 1. The summed E-state index contributed by atoms with van der Waals surface area (Å²) in [6.07, 6.45) is 7.48. The summed E-state index contributed by atoms with van der Waals surface area (Å²) in [7, 11) is -3.66. The Morgan fingerprint density at radius 3 is 2.51 bits per heavy atom. The van der Waals surface area contributed by atoms with Crippen molar-refractivity contribution in [3.05, 3.63) is 59.3 Å². The number of carbonyl (C=O) groups excluding carboxylic acids is 1. The summed E-state index contributed by atoms with van der Waals surface area (Å²) < 4.78 is 28.0. The first-order valence-electron chi connectivity index (χ1n) is 11.7. The average molecular weight is 522 g/mol. The van der Waals surface area contributed by atoms with Gasteiger partial charge in [-0.1, -0.05) is 30.3 Å². The molecule has 2 heterocycles. The molecule has 0 saturated carbocycles. The lowest BCUT2D eigenvalue weighted by atomic mass is 10.1. The van der Waals surface area contributed by atoms with E-state index in [1.807, 2.05) is 25.2 Å². The molecule has 0 aromatic heterocycles. The van der Waals surface area contributed by atoms with Crippen molar-refractivity contribution in [1.82, 2.24) is 9.21 Å². The number of piperazine rings is 1. The van der Waals surface area contributed by atoms with E-state index in [1.165, 1.54) is 4.31 Å². The summed E-state index contributed by atoms with van der Waals surface area (Å²) >= 11 is 5.83. The minimum absolute atomic E-state index is 0.0500. The Hall–Kier alpha value is -2.62. The molecule has 35 heavy (non-hydrogen) atoms. The van der Waals surface area contributed by atoms with E-state index in [2.05, 4.69) is 11.5 Å². The largest absolute Gasteiger partial charge is 0.481 e. The maximum atomic E-state index is 13.3. The van der Waals surface area contributed by atoms with Crippen molar-refractivity contribution in [1.29, 1.82) is 0 Å². The highest BCUT2D eigenvalue weighted by Gasteiger charge is 2.31. The zero-order valence-corrected chi connectivity index (χ0v) is 21.5. The predicted octanol–water partition coefficient (Wildman–Crippen LogP) is 3.74. The molecule has 10 heteroatoms. The van der Waals surface area contributed by atoms with E-state index < -0.39 is 16.0 Å². The predicted molar refractivity (Wildman–Crippen MR) is 137 cm³/mol. The number of rotatable bonds is 10. The van der Waals surface area contributed by atoms with Gasteiger partial charge in [-0.2, -0.15) is 4.31 Å². The number of allylic oxidation sites excluding steroid dienone is 4. The molecular formula is C25H32ClN3O5S. The third-order valence-corrected chi connectivity index (χ3v) is 8.21. The van der Waals surface area contributed by atoms with Gasteiger partial charge in [0.05, 0.1) is 4.90 Å². The first-order valence-corrected chi connectivity index (χ1v) is 13.5. The standard InChI is InChI=1S/C25H32ClN3O5S/c1-19(26)6-3-4-7-20(2)27-14-16-28(17-15-27)35(33,34)22-10-11-23-21(18-22)12-13-29(23)24(30)8-5-9-25(31)32/h4,6-7,10-11,18H,2-3,5,8-9,12-17H2,1H3,(H,31,32)/b7-4?,19-6+. The Balaban J connectivity index is 1.60. The number of benzene rings is 1. The molecule has 1 amide bonds. The summed E-state index contributed by atoms with van der Waals surface area (Å²) in [5, 5.41) is 9.50. The van der Waals surface area contributed by atoms with E-state index in [1.54, 1.807) is 23.1 Å². The zero-order chi connectivity index (χ0) is 25.6. The summed E-state index contributed by atoms with van der Waals surface area (Å²) in [5.41, 5.74) is 2.36. The number of carbonyl (C=O) groups is 2. The van der Waals surface area contributed by atoms with Crippen molar-refractivity contribution >= 4 is 39.2 Å². The molecule has 0 atom stereocenters. The smallest absolute Gasteiger partial charge is 0.303 e. The van der Waals surface area contributed by atoms with Crippen LogP contribution in [0.4, 0.5) is 5.69 Å². The number of carboxylic acids is 1. The van der Waals surface area contributed by atoms with Crippen molar-refractivity contribution in [2.24, 2.45) is 0 Å². The van der Waals surface area contributed by atoms with Gasteiger partial charge in [-0.3, -0.25) is 9.59 Å². The zero-order valence-electron chi connectivity index (χ0n) is 20.0. The van der Waals surface area contributed by atoms with Crippen LogP contribution in [0.3, 0.4) is 0 Å². The number of amides is 1. The lowest BCUT2D eigenvalue weighted by Crippen LogP contribution is -2.47. The van der Waals surface area contributed by atoms with Crippen LogP contribution in [-0.4, -0.2) is 67.3 Å². The van der Waals surface area contributed by atoms with Crippen LogP contribution in [0.1, 0.15) is 38.2 Å². The van der Waals surface area contributed by atoms with Crippen LogP contribution in [0.15, 0.2) is 58.6 Å². The molecular weight excluding hydrogens is 490 g/mol. The second kappa shape index (κ2) is 11.9. The van der Waals surface area contributed by atoms with Gasteiger partial charge >= 0.3 is 5.97 Å². The van der Waals surface area contributed by atoms with Gasteiger partial charge in [-0.25, -0.2) is 8.42 Å². The molecule has 1 fully saturated rings. The minimum Gasteiger partial charge on any atom is -0.481 e. The number of sulfonamides is 1. The molecule has 0 spiro atoms. The van der Waals surface area contributed by atoms with Crippen LogP contribution in [0.2, 0.25) is 0 Å². The van der Waals surface area contributed by atoms with E-state index in [0.29, 0.717) is 51.3 Å². The number of aliphatic carboxylic acids is 1. The van der Waals surface area contributed by atoms with Gasteiger partial charge in [-0.15, -0.1) is 0 Å². The molecule has 1 aromatic carbocycles. The van der Waals surface area contributed by atoms with Crippen molar-refractivity contribution in [2.45, 2.75) is 43.9 Å². The Kier molecular flexibility index (Phi) is 9.15. The van der Waals surface area contributed by atoms with Crippen molar-refractivity contribution in [2.75, 3.05) is 37.6 Å². The molecule has 1 aromatic rings. The third-order valence-electron chi connectivity index (χ3n) is 6.16. The maximum absolute atomic E-state index is 13.3. The normalized spacial score (nSPS) is 17.1. The molecule has 190 valence electrons. The minimum atomic E-state index is -3.66. The molecule has 0 aliphatic carbocycles. The van der Waals surface area contributed by atoms with E-state index in [4.69, 9.17) is 16.7 Å². The summed E-state index contributed by atoms with van der Waals surface area (Å²) in [6.45, 7) is 8.21.